The lowest BCUT2D eigenvalue weighted by molar-refractivity contribution is 0.0245. The molecule has 1 aromatic carbocycles. The minimum atomic E-state index is -0.365. The van der Waals surface area contributed by atoms with E-state index in [2.05, 4.69) is 30.5 Å². The molecule has 1 amide bonds. The predicted molar refractivity (Wildman–Crippen MR) is 102 cm³/mol. The molecule has 0 heterocycles. The van der Waals surface area contributed by atoms with Crippen LogP contribution in [0.25, 0.3) is 0 Å². The van der Waals surface area contributed by atoms with Crippen molar-refractivity contribution >= 4 is 5.91 Å². The van der Waals surface area contributed by atoms with Gasteiger partial charge in [-0.25, -0.2) is 0 Å². The molecule has 0 radical (unpaired) electrons. The summed E-state index contributed by atoms with van der Waals surface area (Å²) in [5.74, 6) is -0.365. The smallest absolute Gasteiger partial charge is 0.248 e. The second-order valence-corrected chi connectivity index (χ2v) is 6.97. The molecule has 0 fully saturated rings. The van der Waals surface area contributed by atoms with E-state index in [9.17, 15) is 4.79 Å². The fraction of sp³-hybridized carbons (Fsp3) is 0.650. The van der Waals surface area contributed by atoms with E-state index in [1.807, 2.05) is 19.2 Å². The van der Waals surface area contributed by atoms with Crippen LogP contribution in [0.4, 0.5) is 0 Å². The average molecular weight is 348 g/mol. The van der Waals surface area contributed by atoms with Gasteiger partial charge in [-0.15, -0.1) is 0 Å². The third kappa shape index (κ3) is 3.89. The van der Waals surface area contributed by atoms with Crippen molar-refractivity contribution in [3.8, 4) is 0 Å². The van der Waals surface area contributed by atoms with Crippen molar-refractivity contribution in [1.82, 2.24) is 10.6 Å². The van der Waals surface area contributed by atoms with Crippen molar-refractivity contribution in [3.63, 3.8) is 0 Å². The highest BCUT2D eigenvalue weighted by molar-refractivity contribution is 5.93. The molecule has 5 heteroatoms. The first-order valence-corrected chi connectivity index (χ1v) is 9.38. The van der Waals surface area contributed by atoms with E-state index >= 15 is 0 Å². The lowest BCUT2D eigenvalue weighted by Crippen LogP contribution is -2.59. The number of nitrogens with one attached hydrogen (secondary N) is 2. The molecular weight excluding hydrogens is 314 g/mol. The Bertz CT molecular complexity index is 584. The van der Waals surface area contributed by atoms with Crippen LogP contribution in [0.1, 0.15) is 54.6 Å². The molecule has 0 aromatic heterocycles. The molecule has 140 valence electrons. The standard InChI is InChI=1S/C20H33N3O2/c1-5-20(6-2)16-12-15(19(21)24)9-8-14(16)13-17(25-4)18(20)23-11-7-10-22-3/h8-9,12,17-18,22-23H,5-7,10-11,13H2,1-4H3,(H2,21,24)/t17-,18+/m1/s1. The summed E-state index contributed by atoms with van der Waals surface area (Å²) < 4.78 is 5.88. The lowest BCUT2D eigenvalue weighted by atomic mass is 9.62. The number of hydrogen-bond donors (Lipinski definition) is 3. The molecule has 0 unspecified atom stereocenters. The van der Waals surface area contributed by atoms with Gasteiger partial charge in [0.25, 0.3) is 0 Å². The number of carbonyl (C=O) groups is 1. The molecule has 0 aliphatic heterocycles. The van der Waals surface area contributed by atoms with Crippen LogP contribution in [0.2, 0.25) is 0 Å². The first kappa shape index (κ1) is 19.9. The summed E-state index contributed by atoms with van der Waals surface area (Å²) in [4.78, 5) is 11.7. The Morgan fingerprint density at radius 3 is 2.60 bits per heavy atom. The van der Waals surface area contributed by atoms with E-state index in [0.717, 1.165) is 38.8 Å². The predicted octanol–water partition coefficient (Wildman–Crippen LogP) is 1.98. The molecule has 0 spiro atoms. The Balaban J connectivity index is 2.43. The Hall–Kier alpha value is -1.43. The van der Waals surface area contributed by atoms with Crippen molar-refractivity contribution in [2.24, 2.45) is 5.73 Å². The third-order valence-corrected chi connectivity index (χ3v) is 5.85. The molecule has 1 aromatic rings. The molecule has 2 atom stereocenters. The molecule has 0 saturated heterocycles. The normalized spacial score (nSPS) is 21.8. The number of amides is 1. The van der Waals surface area contributed by atoms with Crippen LogP contribution in [0, 0.1) is 0 Å². The van der Waals surface area contributed by atoms with Crippen molar-refractivity contribution < 1.29 is 9.53 Å². The van der Waals surface area contributed by atoms with Crippen LogP contribution in [0.3, 0.4) is 0 Å². The van der Waals surface area contributed by atoms with Gasteiger partial charge in [-0.3, -0.25) is 4.79 Å². The number of rotatable bonds is 9. The quantitative estimate of drug-likeness (QED) is 0.597. The van der Waals surface area contributed by atoms with E-state index in [4.69, 9.17) is 10.5 Å². The number of fused-ring (bicyclic) bond motifs is 1. The number of benzene rings is 1. The maximum absolute atomic E-state index is 11.7. The van der Waals surface area contributed by atoms with Gasteiger partial charge >= 0.3 is 0 Å². The zero-order valence-corrected chi connectivity index (χ0v) is 16.0. The van der Waals surface area contributed by atoms with Gasteiger partial charge in [0.1, 0.15) is 0 Å². The van der Waals surface area contributed by atoms with Crippen molar-refractivity contribution in [1.29, 1.82) is 0 Å². The Morgan fingerprint density at radius 2 is 2.04 bits per heavy atom. The van der Waals surface area contributed by atoms with Crippen LogP contribution < -0.4 is 16.4 Å². The molecule has 0 saturated carbocycles. The van der Waals surface area contributed by atoms with E-state index in [1.165, 1.54) is 11.1 Å². The fourth-order valence-electron chi connectivity index (χ4n) is 4.37. The minimum absolute atomic E-state index is 0.0562. The number of methoxy groups -OCH3 is 1. The van der Waals surface area contributed by atoms with Gasteiger partial charge in [0, 0.05) is 30.6 Å². The Morgan fingerprint density at radius 1 is 1.32 bits per heavy atom. The molecule has 1 aliphatic rings. The summed E-state index contributed by atoms with van der Waals surface area (Å²) in [6, 6.07) is 6.13. The minimum Gasteiger partial charge on any atom is -0.379 e. The third-order valence-electron chi connectivity index (χ3n) is 5.85. The molecule has 25 heavy (non-hydrogen) atoms. The zero-order valence-electron chi connectivity index (χ0n) is 16.0. The Kier molecular flexibility index (Phi) is 6.99. The number of hydrogen-bond acceptors (Lipinski definition) is 4. The SMILES string of the molecule is CCC1(CC)c2cc(C(N)=O)ccc2C[C@@H](OC)[C@@H]1NCCCNC. The lowest BCUT2D eigenvalue weighted by Gasteiger charge is -2.49. The highest BCUT2D eigenvalue weighted by Crippen LogP contribution is 2.44. The summed E-state index contributed by atoms with van der Waals surface area (Å²) in [6.45, 7) is 6.39. The number of ether oxygens (including phenoxy) is 1. The van der Waals surface area contributed by atoms with Gasteiger partial charge in [0.05, 0.1) is 6.10 Å². The first-order valence-electron chi connectivity index (χ1n) is 9.38. The van der Waals surface area contributed by atoms with Gasteiger partial charge in [-0.1, -0.05) is 19.9 Å². The topological polar surface area (TPSA) is 76.4 Å². The monoisotopic (exact) mass is 347 g/mol. The van der Waals surface area contributed by atoms with Gasteiger partial charge < -0.3 is 21.1 Å². The van der Waals surface area contributed by atoms with Crippen molar-refractivity contribution in [3.05, 3.63) is 34.9 Å². The average Bonchev–Trinajstić information content (AvgIpc) is 2.63. The number of carbonyl (C=O) groups excluding carboxylic acids is 1. The largest absolute Gasteiger partial charge is 0.379 e. The molecule has 1 aliphatic carbocycles. The maximum atomic E-state index is 11.7. The first-order chi connectivity index (χ1) is 12.0. The zero-order chi connectivity index (χ0) is 18.4. The summed E-state index contributed by atoms with van der Waals surface area (Å²) in [5.41, 5.74) is 8.60. The van der Waals surface area contributed by atoms with Crippen LogP contribution in [-0.4, -0.2) is 45.3 Å². The summed E-state index contributed by atoms with van der Waals surface area (Å²) >= 11 is 0. The summed E-state index contributed by atoms with van der Waals surface area (Å²) in [5, 5.41) is 6.95. The number of nitrogens with two attached hydrogens (primary N) is 1. The second-order valence-electron chi connectivity index (χ2n) is 6.97. The van der Waals surface area contributed by atoms with E-state index in [1.54, 1.807) is 7.11 Å². The molecular formula is C20H33N3O2. The van der Waals surface area contributed by atoms with E-state index in [0.29, 0.717) is 5.56 Å². The van der Waals surface area contributed by atoms with Crippen molar-refractivity contribution in [2.75, 3.05) is 27.2 Å². The summed E-state index contributed by atoms with van der Waals surface area (Å²) in [6.07, 6.45) is 4.03. The van der Waals surface area contributed by atoms with Crippen LogP contribution in [-0.2, 0) is 16.6 Å². The molecule has 2 rings (SSSR count). The van der Waals surface area contributed by atoms with Gasteiger partial charge in [-0.2, -0.15) is 0 Å². The van der Waals surface area contributed by atoms with Crippen LogP contribution in [0.15, 0.2) is 18.2 Å². The van der Waals surface area contributed by atoms with Gasteiger partial charge in [-0.05, 0) is 62.7 Å². The fourth-order valence-corrected chi connectivity index (χ4v) is 4.37. The summed E-state index contributed by atoms with van der Waals surface area (Å²) in [7, 11) is 3.77. The van der Waals surface area contributed by atoms with Crippen LogP contribution in [0.5, 0.6) is 0 Å². The van der Waals surface area contributed by atoms with E-state index < -0.39 is 0 Å². The van der Waals surface area contributed by atoms with Crippen LogP contribution >= 0.6 is 0 Å². The highest BCUT2D eigenvalue weighted by atomic mass is 16.5. The highest BCUT2D eigenvalue weighted by Gasteiger charge is 2.46. The maximum Gasteiger partial charge on any atom is 0.248 e. The molecule has 4 N–H and O–H groups in total. The van der Waals surface area contributed by atoms with Gasteiger partial charge in [0.2, 0.25) is 5.91 Å². The second kappa shape index (κ2) is 8.79. The Labute approximate surface area is 151 Å². The number of primary amides is 1. The molecule has 0 bridgehead atoms. The van der Waals surface area contributed by atoms with E-state index in [-0.39, 0.29) is 23.5 Å². The van der Waals surface area contributed by atoms with Crippen molar-refractivity contribution in [2.45, 2.75) is 57.1 Å². The molecule has 5 nitrogen and oxygen atoms in total. The van der Waals surface area contributed by atoms with Gasteiger partial charge in [0.15, 0.2) is 0 Å².